The third kappa shape index (κ3) is 2.66. The molecule has 4 unspecified atom stereocenters. The predicted molar refractivity (Wildman–Crippen MR) is 69.3 cm³/mol. The van der Waals surface area contributed by atoms with Crippen molar-refractivity contribution in [2.24, 2.45) is 23.7 Å². The maximum atomic E-state index is 12.4. The zero-order valence-corrected chi connectivity index (χ0v) is 11.3. The summed E-state index contributed by atoms with van der Waals surface area (Å²) in [4.78, 5) is 23.7. The fraction of sp³-hybridized carbons (Fsp3) is 0.714. The van der Waals surface area contributed by atoms with Crippen LogP contribution in [0.25, 0.3) is 0 Å². The first-order valence-electron chi connectivity index (χ1n) is 6.70. The van der Waals surface area contributed by atoms with Crippen LogP contribution in [-0.4, -0.2) is 34.2 Å². The van der Waals surface area contributed by atoms with Crippen LogP contribution in [-0.2, 0) is 9.59 Å². The van der Waals surface area contributed by atoms with E-state index in [4.69, 9.17) is 5.11 Å². The summed E-state index contributed by atoms with van der Waals surface area (Å²) in [6.07, 6.45) is 5.10. The third-order valence-corrected chi connectivity index (χ3v) is 4.25. The number of aliphatic hydroxyl groups is 1. The Morgan fingerprint density at radius 1 is 1.26 bits per heavy atom. The minimum absolute atomic E-state index is 0.00768. The molecular weight excluding hydrogens is 246 g/mol. The molecule has 5 heteroatoms. The van der Waals surface area contributed by atoms with Gasteiger partial charge in [0.15, 0.2) is 0 Å². The van der Waals surface area contributed by atoms with E-state index in [0.29, 0.717) is 6.42 Å². The summed E-state index contributed by atoms with van der Waals surface area (Å²) in [5.74, 6) is -2.17. The number of hydrogen-bond acceptors (Lipinski definition) is 3. The van der Waals surface area contributed by atoms with Crippen molar-refractivity contribution >= 4 is 11.9 Å². The fourth-order valence-corrected chi connectivity index (χ4v) is 3.28. The Kier molecular flexibility index (Phi) is 3.67. The number of hydrogen-bond donors (Lipinski definition) is 3. The molecule has 0 aliphatic heterocycles. The molecule has 0 aromatic heterocycles. The van der Waals surface area contributed by atoms with Crippen molar-refractivity contribution in [3.05, 3.63) is 12.2 Å². The van der Waals surface area contributed by atoms with Crippen LogP contribution < -0.4 is 5.32 Å². The lowest BCUT2D eigenvalue weighted by molar-refractivity contribution is -0.148. The van der Waals surface area contributed by atoms with E-state index in [-0.39, 0.29) is 24.3 Å². The van der Waals surface area contributed by atoms with Gasteiger partial charge in [-0.2, -0.15) is 0 Å². The Balaban J connectivity index is 2.10. The van der Waals surface area contributed by atoms with E-state index < -0.39 is 23.3 Å². The average Bonchev–Trinajstić information content (AvgIpc) is 2.86. The molecule has 0 aromatic carbocycles. The molecule has 4 atom stereocenters. The van der Waals surface area contributed by atoms with Crippen LogP contribution in [0.5, 0.6) is 0 Å². The number of aliphatic hydroxyl groups excluding tert-OH is 1. The van der Waals surface area contributed by atoms with Gasteiger partial charge in [0.25, 0.3) is 0 Å². The first-order valence-corrected chi connectivity index (χ1v) is 6.70. The van der Waals surface area contributed by atoms with Crippen LogP contribution >= 0.6 is 0 Å². The second-order valence-electron chi connectivity index (χ2n) is 6.18. The second-order valence-corrected chi connectivity index (χ2v) is 6.18. The summed E-state index contributed by atoms with van der Waals surface area (Å²) in [5, 5.41) is 21.1. The maximum Gasteiger partial charge on any atom is 0.307 e. The molecule has 0 radical (unpaired) electrons. The second kappa shape index (κ2) is 4.96. The summed E-state index contributed by atoms with van der Waals surface area (Å²) in [6.45, 7) is 3.66. The van der Waals surface area contributed by atoms with Gasteiger partial charge in [0.2, 0.25) is 5.91 Å². The van der Waals surface area contributed by atoms with E-state index in [2.05, 4.69) is 5.32 Å². The zero-order chi connectivity index (χ0) is 14.2. The van der Waals surface area contributed by atoms with Gasteiger partial charge in [-0.05, 0) is 38.5 Å². The van der Waals surface area contributed by atoms with Crippen molar-refractivity contribution in [1.82, 2.24) is 5.32 Å². The molecule has 106 valence electrons. The highest BCUT2D eigenvalue weighted by atomic mass is 16.4. The lowest BCUT2D eigenvalue weighted by Gasteiger charge is -2.30. The summed E-state index contributed by atoms with van der Waals surface area (Å²) < 4.78 is 0. The Morgan fingerprint density at radius 2 is 1.84 bits per heavy atom. The van der Waals surface area contributed by atoms with Crippen molar-refractivity contribution < 1.29 is 19.8 Å². The highest BCUT2D eigenvalue weighted by molar-refractivity contribution is 5.87. The largest absolute Gasteiger partial charge is 0.481 e. The number of carbonyl (C=O) groups is 2. The molecule has 0 saturated heterocycles. The van der Waals surface area contributed by atoms with E-state index in [1.54, 1.807) is 0 Å². The van der Waals surface area contributed by atoms with Gasteiger partial charge in [0.05, 0.1) is 11.8 Å². The molecule has 2 bridgehead atoms. The SMILES string of the molecule is CC(C)(CCO)NC(=O)C1C2C=CC(C2)C1C(=O)O. The molecule has 5 nitrogen and oxygen atoms in total. The Labute approximate surface area is 112 Å². The zero-order valence-electron chi connectivity index (χ0n) is 11.3. The molecule has 1 amide bonds. The normalized spacial score (nSPS) is 32.6. The van der Waals surface area contributed by atoms with Crippen LogP contribution in [0.3, 0.4) is 0 Å². The monoisotopic (exact) mass is 267 g/mol. The number of fused-ring (bicyclic) bond motifs is 2. The molecule has 1 fully saturated rings. The van der Waals surface area contributed by atoms with Gasteiger partial charge in [-0.25, -0.2) is 0 Å². The molecule has 2 aliphatic rings. The van der Waals surface area contributed by atoms with Crippen LogP contribution in [0, 0.1) is 23.7 Å². The molecule has 2 aliphatic carbocycles. The van der Waals surface area contributed by atoms with E-state index in [1.165, 1.54) is 0 Å². The van der Waals surface area contributed by atoms with Crippen molar-refractivity contribution in [3.63, 3.8) is 0 Å². The topological polar surface area (TPSA) is 86.6 Å². The molecule has 3 N–H and O–H groups in total. The first-order chi connectivity index (χ1) is 8.85. The number of allylic oxidation sites excluding steroid dienone is 2. The van der Waals surface area contributed by atoms with Gasteiger partial charge in [-0.1, -0.05) is 12.2 Å². The molecule has 2 rings (SSSR count). The first kappa shape index (κ1) is 14.1. The molecule has 0 aromatic rings. The van der Waals surface area contributed by atoms with Crippen molar-refractivity contribution in [2.45, 2.75) is 32.2 Å². The van der Waals surface area contributed by atoms with Gasteiger partial charge in [0.1, 0.15) is 0 Å². The Morgan fingerprint density at radius 3 is 2.37 bits per heavy atom. The average molecular weight is 267 g/mol. The minimum Gasteiger partial charge on any atom is -0.481 e. The van der Waals surface area contributed by atoms with Gasteiger partial charge >= 0.3 is 5.97 Å². The Hall–Kier alpha value is -1.36. The molecule has 0 spiro atoms. The quantitative estimate of drug-likeness (QED) is 0.643. The Bertz CT molecular complexity index is 416. The van der Waals surface area contributed by atoms with Crippen molar-refractivity contribution in [2.75, 3.05) is 6.61 Å². The number of carboxylic acid groups (broad SMARTS) is 1. The summed E-state index contributed by atoms with van der Waals surface area (Å²) in [7, 11) is 0. The van der Waals surface area contributed by atoms with E-state index in [1.807, 2.05) is 26.0 Å². The van der Waals surface area contributed by atoms with Gasteiger partial charge in [-0.3, -0.25) is 9.59 Å². The summed E-state index contributed by atoms with van der Waals surface area (Å²) >= 11 is 0. The number of carboxylic acids is 1. The maximum absolute atomic E-state index is 12.4. The molecule has 1 saturated carbocycles. The molecule has 19 heavy (non-hydrogen) atoms. The smallest absolute Gasteiger partial charge is 0.307 e. The van der Waals surface area contributed by atoms with Crippen molar-refractivity contribution in [3.8, 4) is 0 Å². The highest BCUT2D eigenvalue weighted by Crippen LogP contribution is 2.48. The lowest BCUT2D eigenvalue weighted by Crippen LogP contribution is -2.49. The number of carbonyl (C=O) groups excluding carboxylic acids is 1. The third-order valence-electron chi connectivity index (χ3n) is 4.25. The number of amides is 1. The molecule has 0 heterocycles. The van der Waals surface area contributed by atoms with E-state index in [0.717, 1.165) is 6.42 Å². The lowest BCUT2D eigenvalue weighted by atomic mass is 9.82. The van der Waals surface area contributed by atoms with Crippen LogP contribution in [0.1, 0.15) is 26.7 Å². The number of aliphatic carboxylic acids is 1. The highest BCUT2D eigenvalue weighted by Gasteiger charge is 2.52. The van der Waals surface area contributed by atoms with Gasteiger partial charge < -0.3 is 15.5 Å². The predicted octanol–water partition coefficient (Wildman–Crippen LogP) is 0.787. The number of nitrogens with one attached hydrogen (secondary N) is 1. The van der Waals surface area contributed by atoms with Crippen LogP contribution in [0.4, 0.5) is 0 Å². The molecular formula is C14H21NO4. The fourth-order valence-electron chi connectivity index (χ4n) is 3.28. The standard InChI is InChI=1S/C14H21NO4/c1-14(2,5-6-16)15-12(17)10-8-3-4-9(7-8)11(10)13(18)19/h3-4,8-11,16H,5-7H2,1-2H3,(H,15,17)(H,18,19). The van der Waals surface area contributed by atoms with E-state index >= 15 is 0 Å². The van der Waals surface area contributed by atoms with Gasteiger partial charge in [-0.15, -0.1) is 0 Å². The number of rotatable bonds is 5. The van der Waals surface area contributed by atoms with Gasteiger partial charge in [0, 0.05) is 12.1 Å². The van der Waals surface area contributed by atoms with Crippen LogP contribution in [0.15, 0.2) is 12.2 Å². The summed E-state index contributed by atoms with van der Waals surface area (Å²) in [6, 6.07) is 0. The van der Waals surface area contributed by atoms with E-state index in [9.17, 15) is 14.7 Å². The summed E-state index contributed by atoms with van der Waals surface area (Å²) in [5.41, 5.74) is -0.513. The minimum atomic E-state index is -0.892. The van der Waals surface area contributed by atoms with Crippen LogP contribution in [0.2, 0.25) is 0 Å². The van der Waals surface area contributed by atoms with Crippen molar-refractivity contribution in [1.29, 1.82) is 0 Å².